The van der Waals surface area contributed by atoms with Crippen molar-refractivity contribution in [2.75, 3.05) is 20.8 Å². The molecule has 0 bridgehead atoms. The molecule has 0 aliphatic rings. The molecule has 0 aliphatic heterocycles. The molecule has 1 aromatic rings. The third-order valence-corrected chi connectivity index (χ3v) is 2.12. The lowest BCUT2D eigenvalue weighted by Crippen LogP contribution is -2.26. The highest BCUT2D eigenvalue weighted by molar-refractivity contribution is 5.48. The Balaban J connectivity index is 3.48. The van der Waals surface area contributed by atoms with Gasteiger partial charge in [0.05, 0.1) is 20.8 Å². The summed E-state index contributed by atoms with van der Waals surface area (Å²) in [6.45, 7) is -0.955. The number of methoxy groups -OCH3 is 2. The van der Waals surface area contributed by atoms with E-state index in [4.69, 9.17) is 10.5 Å². The fraction of sp³-hybridized carbons (Fsp3) is 0.400. The minimum Gasteiger partial charge on any atom is -0.496 e. The smallest absolute Gasteiger partial charge is 0.292 e. The van der Waals surface area contributed by atoms with Crippen molar-refractivity contribution in [1.82, 2.24) is 0 Å². The maximum absolute atomic E-state index is 13.5. The third kappa shape index (κ3) is 2.06. The van der Waals surface area contributed by atoms with Crippen molar-refractivity contribution in [1.29, 1.82) is 0 Å². The van der Waals surface area contributed by atoms with Crippen molar-refractivity contribution < 1.29 is 22.6 Å². The maximum Gasteiger partial charge on any atom is 0.292 e. The number of alkyl halides is 2. The molecule has 1 aromatic carbocycles. The van der Waals surface area contributed by atoms with Crippen LogP contribution in [0.5, 0.6) is 11.5 Å². The van der Waals surface area contributed by atoms with Crippen molar-refractivity contribution in [2.24, 2.45) is 5.73 Å². The maximum atomic E-state index is 13.5. The molecule has 0 amide bonds. The first kappa shape index (κ1) is 12.6. The Kier molecular flexibility index (Phi) is 3.64. The van der Waals surface area contributed by atoms with E-state index in [0.717, 1.165) is 19.2 Å². The zero-order valence-corrected chi connectivity index (χ0v) is 8.89. The normalized spacial score (nSPS) is 11.4. The molecule has 2 N–H and O–H groups in total. The Bertz CT molecular complexity index is 383. The summed E-state index contributed by atoms with van der Waals surface area (Å²) in [5.74, 6) is -4.99. The van der Waals surface area contributed by atoms with E-state index in [-0.39, 0.29) is 5.75 Å². The average molecular weight is 235 g/mol. The molecule has 0 atom stereocenters. The standard InChI is InChI=1S/C10H12F3NO2/c1-15-7-4-3-6(11)9(16-2)8(7)10(12,13)5-14/h3-4H,5,14H2,1-2H3. The molecule has 16 heavy (non-hydrogen) atoms. The summed E-state index contributed by atoms with van der Waals surface area (Å²) in [5, 5.41) is 0. The van der Waals surface area contributed by atoms with Gasteiger partial charge in [0.1, 0.15) is 11.3 Å². The molecular formula is C10H12F3NO2. The lowest BCUT2D eigenvalue weighted by atomic mass is 10.1. The number of halogens is 3. The Morgan fingerprint density at radius 2 is 1.88 bits per heavy atom. The molecule has 90 valence electrons. The van der Waals surface area contributed by atoms with Crippen molar-refractivity contribution in [3.63, 3.8) is 0 Å². The summed E-state index contributed by atoms with van der Waals surface area (Å²) in [4.78, 5) is 0. The van der Waals surface area contributed by atoms with Crippen LogP contribution in [0.4, 0.5) is 13.2 Å². The molecule has 0 radical (unpaired) electrons. The molecule has 0 unspecified atom stereocenters. The zero-order valence-electron chi connectivity index (χ0n) is 8.89. The van der Waals surface area contributed by atoms with Gasteiger partial charge in [-0.15, -0.1) is 0 Å². The second kappa shape index (κ2) is 4.61. The second-order valence-corrected chi connectivity index (χ2v) is 3.07. The van der Waals surface area contributed by atoms with E-state index in [1.807, 2.05) is 0 Å². The lowest BCUT2D eigenvalue weighted by Gasteiger charge is -2.20. The minimum absolute atomic E-state index is 0.159. The zero-order chi connectivity index (χ0) is 12.3. The van der Waals surface area contributed by atoms with Gasteiger partial charge in [-0.2, -0.15) is 8.78 Å². The van der Waals surface area contributed by atoms with Crippen LogP contribution in [0.25, 0.3) is 0 Å². The highest BCUT2D eigenvalue weighted by Crippen LogP contribution is 2.42. The molecule has 1 rings (SSSR count). The quantitative estimate of drug-likeness (QED) is 0.866. The molecular weight excluding hydrogens is 223 g/mol. The molecule has 3 nitrogen and oxygen atoms in total. The van der Waals surface area contributed by atoms with Crippen molar-refractivity contribution >= 4 is 0 Å². The summed E-state index contributed by atoms with van der Waals surface area (Å²) in [6.07, 6.45) is 0. The predicted octanol–water partition coefficient (Wildman–Crippen LogP) is 1.89. The van der Waals surface area contributed by atoms with Gasteiger partial charge < -0.3 is 15.2 Å². The van der Waals surface area contributed by atoms with Crippen LogP contribution in [-0.4, -0.2) is 20.8 Å². The van der Waals surface area contributed by atoms with Crippen LogP contribution >= 0.6 is 0 Å². The summed E-state index contributed by atoms with van der Waals surface area (Å²) in [5.41, 5.74) is 4.29. The number of rotatable bonds is 4. The van der Waals surface area contributed by atoms with E-state index in [1.165, 1.54) is 7.11 Å². The topological polar surface area (TPSA) is 44.5 Å². The molecule has 0 aromatic heterocycles. The SMILES string of the molecule is COc1ccc(F)c(OC)c1C(F)(F)CN. The van der Waals surface area contributed by atoms with Gasteiger partial charge in [-0.1, -0.05) is 0 Å². The first-order valence-corrected chi connectivity index (χ1v) is 4.46. The Morgan fingerprint density at radius 1 is 1.25 bits per heavy atom. The molecule has 0 heterocycles. The van der Waals surface area contributed by atoms with Crippen LogP contribution in [0.1, 0.15) is 5.56 Å². The van der Waals surface area contributed by atoms with E-state index >= 15 is 0 Å². The summed E-state index contributed by atoms with van der Waals surface area (Å²) in [6, 6.07) is 2.10. The number of benzene rings is 1. The van der Waals surface area contributed by atoms with Gasteiger partial charge in [-0.25, -0.2) is 4.39 Å². The van der Waals surface area contributed by atoms with Gasteiger partial charge >= 0.3 is 0 Å². The number of nitrogens with two attached hydrogens (primary N) is 1. The monoisotopic (exact) mass is 235 g/mol. The summed E-state index contributed by atoms with van der Waals surface area (Å²) in [7, 11) is 2.32. The van der Waals surface area contributed by atoms with Gasteiger partial charge in [0.25, 0.3) is 5.92 Å². The molecule has 0 saturated heterocycles. The van der Waals surface area contributed by atoms with E-state index in [1.54, 1.807) is 0 Å². The van der Waals surface area contributed by atoms with E-state index in [2.05, 4.69) is 4.74 Å². The lowest BCUT2D eigenvalue weighted by molar-refractivity contribution is 0.000858. The van der Waals surface area contributed by atoms with Crippen LogP contribution in [-0.2, 0) is 5.92 Å². The first-order chi connectivity index (χ1) is 7.47. The summed E-state index contributed by atoms with van der Waals surface area (Å²) >= 11 is 0. The highest BCUT2D eigenvalue weighted by atomic mass is 19.3. The Labute approximate surface area is 91.0 Å². The van der Waals surface area contributed by atoms with Crippen LogP contribution in [0.2, 0.25) is 0 Å². The Hall–Kier alpha value is -1.43. The first-order valence-electron chi connectivity index (χ1n) is 4.46. The van der Waals surface area contributed by atoms with Crippen molar-refractivity contribution in [3.8, 4) is 11.5 Å². The average Bonchev–Trinajstić information content (AvgIpc) is 2.28. The number of ether oxygens (including phenoxy) is 2. The largest absolute Gasteiger partial charge is 0.496 e. The van der Waals surface area contributed by atoms with Crippen LogP contribution < -0.4 is 15.2 Å². The molecule has 0 aliphatic carbocycles. The summed E-state index contributed by atoms with van der Waals surface area (Å²) < 4.78 is 49.7. The van der Waals surface area contributed by atoms with E-state index in [0.29, 0.717) is 0 Å². The van der Waals surface area contributed by atoms with Gasteiger partial charge in [0.15, 0.2) is 11.6 Å². The molecule has 6 heteroatoms. The second-order valence-electron chi connectivity index (χ2n) is 3.07. The Morgan fingerprint density at radius 3 is 2.31 bits per heavy atom. The van der Waals surface area contributed by atoms with Gasteiger partial charge in [-0.05, 0) is 12.1 Å². The van der Waals surface area contributed by atoms with Crippen LogP contribution in [0.15, 0.2) is 12.1 Å². The number of hydrogen-bond donors (Lipinski definition) is 1. The third-order valence-electron chi connectivity index (χ3n) is 2.12. The fourth-order valence-corrected chi connectivity index (χ4v) is 1.36. The van der Waals surface area contributed by atoms with Crippen LogP contribution in [0, 0.1) is 5.82 Å². The highest BCUT2D eigenvalue weighted by Gasteiger charge is 2.38. The van der Waals surface area contributed by atoms with Crippen LogP contribution in [0.3, 0.4) is 0 Å². The fourth-order valence-electron chi connectivity index (χ4n) is 1.36. The number of hydrogen-bond acceptors (Lipinski definition) is 3. The van der Waals surface area contributed by atoms with Crippen molar-refractivity contribution in [3.05, 3.63) is 23.5 Å². The predicted molar refractivity (Wildman–Crippen MR) is 52.5 cm³/mol. The molecule has 0 saturated carbocycles. The molecule has 0 spiro atoms. The minimum atomic E-state index is -3.40. The van der Waals surface area contributed by atoms with Gasteiger partial charge in [-0.3, -0.25) is 0 Å². The van der Waals surface area contributed by atoms with E-state index in [9.17, 15) is 13.2 Å². The van der Waals surface area contributed by atoms with E-state index < -0.39 is 29.6 Å². The van der Waals surface area contributed by atoms with Crippen molar-refractivity contribution in [2.45, 2.75) is 5.92 Å². The van der Waals surface area contributed by atoms with Gasteiger partial charge in [0.2, 0.25) is 0 Å². The molecule has 0 fully saturated rings. The van der Waals surface area contributed by atoms with Gasteiger partial charge in [0, 0.05) is 0 Å².